The Hall–Kier alpha value is -0.960. The molecule has 0 bridgehead atoms. The van der Waals surface area contributed by atoms with E-state index in [9.17, 15) is 4.39 Å². The first-order chi connectivity index (χ1) is 8.31. The summed E-state index contributed by atoms with van der Waals surface area (Å²) in [6, 6.07) is 1.92. The highest BCUT2D eigenvalue weighted by Gasteiger charge is 2.21. The molecule has 0 saturated heterocycles. The molecular formula is C14H21FN2. The number of hydrogen-bond donors (Lipinski definition) is 1. The summed E-state index contributed by atoms with van der Waals surface area (Å²) in [5.74, 6) is 0.552. The van der Waals surface area contributed by atoms with Crippen LogP contribution in [0.5, 0.6) is 0 Å². The number of halogens is 1. The lowest BCUT2D eigenvalue weighted by molar-refractivity contribution is 0.303. The second-order valence-electron chi connectivity index (χ2n) is 4.98. The van der Waals surface area contributed by atoms with Crippen LogP contribution in [0.3, 0.4) is 0 Å². The van der Waals surface area contributed by atoms with Gasteiger partial charge in [-0.1, -0.05) is 32.1 Å². The smallest absolute Gasteiger partial charge is 0.146 e. The zero-order valence-corrected chi connectivity index (χ0v) is 10.5. The maximum Gasteiger partial charge on any atom is 0.146 e. The summed E-state index contributed by atoms with van der Waals surface area (Å²) >= 11 is 0. The number of nitrogens with one attached hydrogen (secondary N) is 1. The lowest BCUT2D eigenvalue weighted by Gasteiger charge is -2.26. The second kappa shape index (κ2) is 6.10. The third-order valence-electron chi connectivity index (χ3n) is 3.82. The van der Waals surface area contributed by atoms with E-state index < -0.39 is 0 Å². The number of rotatable bonds is 4. The van der Waals surface area contributed by atoms with Crippen LogP contribution in [0.4, 0.5) is 4.39 Å². The third-order valence-corrected chi connectivity index (χ3v) is 3.82. The molecule has 1 aromatic heterocycles. The fourth-order valence-electron chi connectivity index (χ4n) is 2.83. The highest BCUT2D eigenvalue weighted by atomic mass is 19.1. The Labute approximate surface area is 103 Å². The Morgan fingerprint density at radius 2 is 2.18 bits per heavy atom. The summed E-state index contributed by atoms with van der Waals surface area (Å²) in [4.78, 5) is 3.81. The zero-order valence-electron chi connectivity index (χ0n) is 10.5. The second-order valence-corrected chi connectivity index (χ2v) is 4.98. The van der Waals surface area contributed by atoms with Crippen LogP contribution in [-0.2, 0) is 0 Å². The molecule has 17 heavy (non-hydrogen) atoms. The number of pyridine rings is 1. The van der Waals surface area contributed by atoms with Crippen molar-refractivity contribution in [2.24, 2.45) is 5.92 Å². The molecule has 0 aliphatic heterocycles. The average molecular weight is 236 g/mol. The maximum atomic E-state index is 13.7. The largest absolute Gasteiger partial charge is 0.313 e. The van der Waals surface area contributed by atoms with Crippen molar-refractivity contribution in [3.05, 3.63) is 29.8 Å². The van der Waals surface area contributed by atoms with E-state index in [2.05, 4.69) is 10.3 Å². The molecule has 2 nitrogen and oxygen atoms in total. The van der Waals surface area contributed by atoms with Crippen LogP contribution < -0.4 is 5.32 Å². The van der Waals surface area contributed by atoms with Crippen LogP contribution in [0.1, 0.15) is 50.1 Å². The molecule has 1 unspecified atom stereocenters. The van der Waals surface area contributed by atoms with Gasteiger partial charge in [-0.3, -0.25) is 4.98 Å². The quantitative estimate of drug-likeness (QED) is 0.866. The first-order valence-corrected chi connectivity index (χ1v) is 6.58. The minimum atomic E-state index is -0.192. The Kier molecular flexibility index (Phi) is 4.49. The van der Waals surface area contributed by atoms with Gasteiger partial charge in [0.1, 0.15) is 5.82 Å². The van der Waals surface area contributed by atoms with Crippen LogP contribution >= 0.6 is 0 Å². The molecule has 1 N–H and O–H groups in total. The summed E-state index contributed by atoms with van der Waals surface area (Å²) in [5, 5.41) is 3.24. The van der Waals surface area contributed by atoms with Crippen LogP contribution in [0, 0.1) is 11.7 Å². The van der Waals surface area contributed by atoms with E-state index >= 15 is 0 Å². The molecule has 0 spiro atoms. The van der Waals surface area contributed by atoms with E-state index in [1.54, 1.807) is 12.3 Å². The van der Waals surface area contributed by atoms with Crippen molar-refractivity contribution in [3.8, 4) is 0 Å². The van der Waals surface area contributed by atoms with Crippen molar-refractivity contribution in [2.75, 3.05) is 7.05 Å². The predicted molar refractivity (Wildman–Crippen MR) is 67.2 cm³/mol. The van der Waals surface area contributed by atoms with Gasteiger partial charge in [-0.2, -0.15) is 0 Å². The number of hydrogen-bond acceptors (Lipinski definition) is 2. The number of nitrogens with zero attached hydrogens (tertiary/aromatic N) is 1. The van der Waals surface area contributed by atoms with E-state index in [4.69, 9.17) is 0 Å². The van der Waals surface area contributed by atoms with E-state index in [-0.39, 0.29) is 11.9 Å². The minimum Gasteiger partial charge on any atom is -0.313 e. The molecule has 0 amide bonds. The highest BCUT2D eigenvalue weighted by Crippen LogP contribution is 2.32. The molecule has 1 aliphatic rings. The summed E-state index contributed by atoms with van der Waals surface area (Å²) in [7, 11) is 1.91. The van der Waals surface area contributed by atoms with Gasteiger partial charge in [-0.15, -0.1) is 0 Å². The Morgan fingerprint density at radius 3 is 2.82 bits per heavy atom. The molecular weight excluding hydrogens is 215 g/mol. The predicted octanol–water partition coefficient (Wildman–Crippen LogP) is 3.45. The first-order valence-electron chi connectivity index (χ1n) is 6.58. The Bertz CT molecular complexity index is 348. The van der Waals surface area contributed by atoms with Crippen LogP contribution in [0.25, 0.3) is 0 Å². The maximum absolute atomic E-state index is 13.7. The Morgan fingerprint density at radius 1 is 1.41 bits per heavy atom. The van der Waals surface area contributed by atoms with Crippen molar-refractivity contribution in [1.29, 1.82) is 0 Å². The summed E-state index contributed by atoms with van der Waals surface area (Å²) in [6.07, 6.45) is 10.6. The van der Waals surface area contributed by atoms with Gasteiger partial charge in [0, 0.05) is 17.8 Å². The molecule has 1 fully saturated rings. The lowest BCUT2D eigenvalue weighted by Crippen LogP contribution is -2.22. The minimum absolute atomic E-state index is 0.126. The fraction of sp³-hybridized carbons (Fsp3) is 0.643. The average Bonchev–Trinajstić information content (AvgIpc) is 2.38. The van der Waals surface area contributed by atoms with Gasteiger partial charge in [-0.25, -0.2) is 4.39 Å². The van der Waals surface area contributed by atoms with Crippen molar-refractivity contribution >= 4 is 0 Å². The molecule has 1 aliphatic carbocycles. The van der Waals surface area contributed by atoms with Gasteiger partial charge in [0.05, 0.1) is 6.20 Å². The lowest BCUT2D eigenvalue weighted by atomic mass is 9.83. The van der Waals surface area contributed by atoms with Gasteiger partial charge in [0.25, 0.3) is 0 Å². The van der Waals surface area contributed by atoms with Crippen molar-refractivity contribution in [2.45, 2.75) is 44.6 Å². The van der Waals surface area contributed by atoms with Crippen LogP contribution in [0.2, 0.25) is 0 Å². The first kappa shape index (κ1) is 12.5. The van der Waals surface area contributed by atoms with Gasteiger partial charge >= 0.3 is 0 Å². The molecule has 94 valence electrons. The highest BCUT2D eigenvalue weighted by molar-refractivity contribution is 5.17. The molecule has 0 radical (unpaired) electrons. The SMILES string of the molecule is CNC(CC1CCCCC1)c1ccncc1F. The standard InChI is InChI=1S/C14H21FN2/c1-16-14(9-11-5-3-2-4-6-11)12-7-8-17-10-13(12)15/h7-8,10-11,14,16H,2-6,9H2,1H3. The Balaban J connectivity index is 2.03. The topological polar surface area (TPSA) is 24.9 Å². The molecule has 1 saturated carbocycles. The third kappa shape index (κ3) is 3.25. The fourth-order valence-corrected chi connectivity index (χ4v) is 2.83. The van der Waals surface area contributed by atoms with E-state index in [0.29, 0.717) is 0 Å². The summed E-state index contributed by atoms with van der Waals surface area (Å²) in [6.45, 7) is 0. The van der Waals surface area contributed by atoms with E-state index in [1.165, 1.54) is 38.3 Å². The van der Waals surface area contributed by atoms with Crippen molar-refractivity contribution in [1.82, 2.24) is 10.3 Å². The van der Waals surface area contributed by atoms with Gasteiger partial charge < -0.3 is 5.32 Å². The summed E-state index contributed by atoms with van der Waals surface area (Å²) in [5.41, 5.74) is 0.757. The molecule has 1 atom stereocenters. The molecule has 2 rings (SSSR count). The molecule has 3 heteroatoms. The van der Waals surface area contributed by atoms with Gasteiger partial charge in [0.2, 0.25) is 0 Å². The van der Waals surface area contributed by atoms with Gasteiger partial charge in [0.15, 0.2) is 0 Å². The monoisotopic (exact) mass is 236 g/mol. The summed E-state index contributed by atoms with van der Waals surface area (Å²) < 4.78 is 13.7. The van der Waals surface area contributed by atoms with Crippen molar-refractivity contribution in [3.63, 3.8) is 0 Å². The van der Waals surface area contributed by atoms with Crippen LogP contribution in [-0.4, -0.2) is 12.0 Å². The normalized spacial score (nSPS) is 19.2. The van der Waals surface area contributed by atoms with E-state index in [0.717, 1.165) is 17.9 Å². The van der Waals surface area contributed by atoms with E-state index in [1.807, 2.05) is 7.05 Å². The molecule has 1 heterocycles. The molecule has 0 aromatic carbocycles. The molecule has 1 aromatic rings. The van der Waals surface area contributed by atoms with Crippen LogP contribution in [0.15, 0.2) is 18.5 Å². The zero-order chi connectivity index (χ0) is 12.1. The van der Waals surface area contributed by atoms with Crippen molar-refractivity contribution < 1.29 is 4.39 Å². The number of aromatic nitrogens is 1. The van der Waals surface area contributed by atoms with Gasteiger partial charge in [-0.05, 0) is 25.5 Å².